The van der Waals surface area contributed by atoms with Crippen LogP contribution in [0, 0.1) is 5.92 Å². The Balaban J connectivity index is 1.79. The summed E-state index contributed by atoms with van der Waals surface area (Å²) in [5.41, 5.74) is 1.03. The Kier molecular flexibility index (Phi) is 7.00. The number of benzene rings is 1. The van der Waals surface area contributed by atoms with Crippen molar-refractivity contribution < 1.29 is 24.2 Å². The lowest BCUT2D eigenvalue weighted by molar-refractivity contribution is -0.146. The third-order valence-electron chi connectivity index (χ3n) is 4.70. The van der Waals surface area contributed by atoms with E-state index in [-0.39, 0.29) is 30.9 Å². The van der Waals surface area contributed by atoms with Crippen molar-refractivity contribution in [3.63, 3.8) is 0 Å². The van der Waals surface area contributed by atoms with Crippen molar-refractivity contribution in [3.8, 4) is 5.75 Å². The Morgan fingerprint density at radius 3 is 2.50 bits per heavy atom. The van der Waals surface area contributed by atoms with Crippen molar-refractivity contribution in [3.05, 3.63) is 29.8 Å². The largest absolute Gasteiger partial charge is 0.483 e. The number of carbonyl (C=O) groups excluding carboxylic acids is 2. The lowest BCUT2D eigenvalue weighted by Crippen LogP contribution is -2.46. The van der Waals surface area contributed by atoms with Crippen LogP contribution in [0.15, 0.2) is 24.3 Å². The van der Waals surface area contributed by atoms with Crippen LogP contribution in [0.3, 0.4) is 0 Å². The molecular weight excluding hydrogens is 336 g/mol. The fraction of sp³-hybridized carbons (Fsp3) is 0.526. The van der Waals surface area contributed by atoms with E-state index < -0.39 is 5.97 Å². The summed E-state index contributed by atoms with van der Waals surface area (Å²) in [6, 6.07) is 7.55. The zero-order valence-electron chi connectivity index (χ0n) is 15.3. The van der Waals surface area contributed by atoms with Crippen LogP contribution in [0.25, 0.3) is 0 Å². The van der Waals surface area contributed by atoms with Gasteiger partial charge in [-0.15, -0.1) is 0 Å². The lowest BCUT2D eigenvalue weighted by atomic mass is 9.97. The normalized spacial score (nSPS) is 14.8. The van der Waals surface area contributed by atoms with Gasteiger partial charge in [-0.05, 0) is 30.9 Å². The van der Waals surface area contributed by atoms with E-state index in [1.807, 2.05) is 31.2 Å². The average Bonchev–Trinajstić information content (AvgIpc) is 2.66. The van der Waals surface area contributed by atoms with Gasteiger partial charge in [0.15, 0.2) is 6.61 Å². The number of rotatable bonds is 7. The third-order valence-corrected chi connectivity index (χ3v) is 4.70. The van der Waals surface area contributed by atoms with Gasteiger partial charge in [-0.1, -0.05) is 25.1 Å². The second-order valence-electron chi connectivity index (χ2n) is 6.49. The number of para-hydroxylation sites is 1. The van der Waals surface area contributed by atoms with Crippen LogP contribution < -0.4 is 4.74 Å². The van der Waals surface area contributed by atoms with Crippen LogP contribution in [-0.2, 0) is 20.8 Å². The van der Waals surface area contributed by atoms with Crippen LogP contribution in [0.4, 0.5) is 0 Å². The minimum Gasteiger partial charge on any atom is -0.483 e. The number of aryl methyl sites for hydroxylation is 1. The molecular formula is C19H26N2O5. The third kappa shape index (κ3) is 5.21. The minimum atomic E-state index is -0.811. The molecule has 7 nitrogen and oxygen atoms in total. The molecule has 0 atom stereocenters. The van der Waals surface area contributed by atoms with E-state index in [0.717, 1.165) is 12.0 Å². The molecule has 0 unspecified atom stereocenters. The molecule has 1 fully saturated rings. The van der Waals surface area contributed by atoms with Crippen molar-refractivity contribution in [1.82, 2.24) is 9.80 Å². The Morgan fingerprint density at radius 1 is 1.23 bits per heavy atom. The zero-order chi connectivity index (χ0) is 19.1. The molecule has 1 aromatic carbocycles. The summed E-state index contributed by atoms with van der Waals surface area (Å²) in [5.74, 6) is -0.957. The molecule has 2 amide bonds. The Labute approximate surface area is 153 Å². The van der Waals surface area contributed by atoms with Crippen LogP contribution in [-0.4, -0.2) is 66.0 Å². The van der Waals surface area contributed by atoms with Gasteiger partial charge in [-0.25, -0.2) is 0 Å². The molecule has 1 saturated heterocycles. The van der Waals surface area contributed by atoms with E-state index in [0.29, 0.717) is 31.7 Å². The topological polar surface area (TPSA) is 87.2 Å². The predicted molar refractivity (Wildman–Crippen MR) is 95.9 cm³/mol. The fourth-order valence-corrected chi connectivity index (χ4v) is 2.95. The number of aliphatic carboxylic acids is 1. The Hall–Kier alpha value is -2.57. The molecule has 1 aromatic rings. The summed E-state index contributed by atoms with van der Waals surface area (Å²) >= 11 is 0. The van der Waals surface area contributed by atoms with E-state index in [4.69, 9.17) is 9.84 Å². The molecule has 142 valence electrons. The molecule has 0 saturated carbocycles. The molecule has 0 radical (unpaired) electrons. The van der Waals surface area contributed by atoms with Gasteiger partial charge in [-0.2, -0.15) is 0 Å². The molecule has 0 spiro atoms. The molecule has 2 rings (SSSR count). The number of ether oxygens (including phenoxy) is 1. The molecule has 26 heavy (non-hydrogen) atoms. The van der Waals surface area contributed by atoms with E-state index in [2.05, 4.69) is 0 Å². The number of likely N-dealkylation sites (N-methyl/N-ethyl adjacent to an activating group) is 1. The second-order valence-corrected chi connectivity index (χ2v) is 6.49. The maximum atomic E-state index is 12.3. The SMILES string of the molecule is CCc1ccccc1OCC(=O)N(C)CC(=O)N1CCC(C(=O)O)CC1. The highest BCUT2D eigenvalue weighted by atomic mass is 16.5. The zero-order valence-corrected chi connectivity index (χ0v) is 15.3. The van der Waals surface area contributed by atoms with Gasteiger partial charge in [0.1, 0.15) is 5.75 Å². The first-order chi connectivity index (χ1) is 12.4. The molecule has 7 heteroatoms. The van der Waals surface area contributed by atoms with Crippen LogP contribution in [0.5, 0.6) is 5.75 Å². The molecule has 0 bridgehead atoms. The van der Waals surface area contributed by atoms with Crippen molar-refractivity contribution in [2.75, 3.05) is 33.3 Å². The van der Waals surface area contributed by atoms with Gasteiger partial charge in [0.25, 0.3) is 5.91 Å². The second kappa shape index (κ2) is 9.22. The molecule has 1 N–H and O–H groups in total. The number of hydrogen-bond acceptors (Lipinski definition) is 4. The molecule has 1 aliphatic rings. The van der Waals surface area contributed by atoms with Crippen molar-refractivity contribution in [1.29, 1.82) is 0 Å². The van der Waals surface area contributed by atoms with Crippen molar-refractivity contribution in [2.24, 2.45) is 5.92 Å². The average molecular weight is 362 g/mol. The Morgan fingerprint density at radius 2 is 1.88 bits per heavy atom. The number of likely N-dealkylation sites (tertiary alicyclic amines) is 1. The summed E-state index contributed by atoms with van der Waals surface area (Å²) in [5, 5.41) is 9.00. The minimum absolute atomic E-state index is 0.0324. The molecule has 0 aromatic heterocycles. The number of amides is 2. The predicted octanol–water partition coefficient (Wildman–Crippen LogP) is 1.41. The standard InChI is InChI=1S/C19H26N2O5/c1-3-14-6-4-5-7-16(14)26-13-18(23)20(2)12-17(22)21-10-8-15(9-11-21)19(24)25/h4-7,15H,3,8-13H2,1-2H3,(H,24,25). The summed E-state index contributed by atoms with van der Waals surface area (Å²) in [6.45, 7) is 2.69. The van der Waals surface area contributed by atoms with Gasteiger partial charge in [0.05, 0.1) is 12.5 Å². The van der Waals surface area contributed by atoms with Crippen molar-refractivity contribution >= 4 is 17.8 Å². The first kappa shape index (κ1) is 19.8. The summed E-state index contributed by atoms with van der Waals surface area (Å²) in [4.78, 5) is 38.5. The number of piperidine rings is 1. The summed E-state index contributed by atoms with van der Waals surface area (Å²) in [6.07, 6.45) is 1.72. The molecule has 1 heterocycles. The number of carboxylic acid groups (broad SMARTS) is 1. The number of carboxylic acids is 1. The monoisotopic (exact) mass is 362 g/mol. The van der Waals surface area contributed by atoms with Crippen LogP contribution in [0.1, 0.15) is 25.3 Å². The van der Waals surface area contributed by atoms with Gasteiger partial charge in [0, 0.05) is 20.1 Å². The lowest BCUT2D eigenvalue weighted by Gasteiger charge is -2.31. The summed E-state index contributed by atoms with van der Waals surface area (Å²) in [7, 11) is 1.57. The van der Waals surface area contributed by atoms with Gasteiger partial charge >= 0.3 is 5.97 Å². The maximum absolute atomic E-state index is 12.3. The fourth-order valence-electron chi connectivity index (χ4n) is 2.95. The molecule has 0 aliphatic carbocycles. The first-order valence-corrected chi connectivity index (χ1v) is 8.87. The van der Waals surface area contributed by atoms with Gasteiger partial charge < -0.3 is 19.6 Å². The van der Waals surface area contributed by atoms with Gasteiger partial charge in [0.2, 0.25) is 5.91 Å². The molecule has 1 aliphatic heterocycles. The van der Waals surface area contributed by atoms with E-state index in [1.54, 1.807) is 11.9 Å². The highest BCUT2D eigenvalue weighted by molar-refractivity contribution is 5.85. The van der Waals surface area contributed by atoms with Gasteiger partial charge in [-0.3, -0.25) is 14.4 Å². The Bertz CT molecular complexity index is 653. The van der Waals surface area contributed by atoms with Crippen LogP contribution in [0.2, 0.25) is 0 Å². The maximum Gasteiger partial charge on any atom is 0.306 e. The first-order valence-electron chi connectivity index (χ1n) is 8.87. The number of carbonyl (C=O) groups is 3. The van der Waals surface area contributed by atoms with E-state index >= 15 is 0 Å². The summed E-state index contributed by atoms with van der Waals surface area (Å²) < 4.78 is 5.60. The van der Waals surface area contributed by atoms with E-state index in [1.165, 1.54) is 4.90 Å². The smallest absolute Gasteiger partial charge is 0.306 e. The van der Waals surface area contributed by atoms with Crippen molar-refractivity contribution in [2.45, 2.75) is 26.2 Å². The number of hydrogen-bond donors (Lipinski definition) is 1. The highest BCUT2D eigenvalue weighted by Gasteiger charge is 2.27. The highest BCUT2D eigenvalue weighted by Crippen LogP contribution is 2.19. The van der Waals surface area contributed by atoms with E-state index in [9.17, 15) is 14.4 Å². The number of nitrogens with zero attached hydrogens (tertiary/aromatic N) is 2. The quantitative estimate of drug-likeness (QED) is 0.792. The van der Waals surface area contributed by atoms with Crippen LogP contribution >= 0.6 is 0 Å².